The second-order valence-corrected chi connectivity index (χ2v) is 5.72. The number of nitrogens with one attached hydrogen (secondary N) is 1. The Bertz CT molecular complexity index is 764. The molecule has 0 amide bonds. The average Bonchev–Trinajstić information content (AvgIpc) is 2.94. The van der Waals surface area contributed by atoms with Crippen molar-refractivity contribution in [3.05, 3.63) is 72.6 Å². The zero-order valence-corrected chi connectivity index (χ0v) is 12.9. The molecule has 0 fully saturated rings. The van der Waals surface area contributed by atoms with Crippen LogP contribution >= 0.6 is 11.3 Å². The highest BCUT2D eigenvalue weighted by atomic mass is 32.1. The maximum atomic E-state index is 9.37. The summed E-state index contributed by atoms with van der Waals surface area (Å²) in [5.41, 5.74) is 3.28. The Kier molecular flexibility index (Phi) is 4.21. The molecule has 0 saturated carbocycles. The van der Waals surface area contributed by atoms with E-state index in [2.05, 4.69) is 34.0 Å². The molecule has 0 aliphatic carbocycles. The molecule has 0 unspecified atom stereocenters. The summed E-state index contributed by atoms with van der Waals surface area (Å²) in [5.74, 6) is 0.265. The van der Waals surface area contributed by atoms with E-state index in [-0.39, 0.29) is 5.75 Å². The Morgan fingerprint density at radius 2 is 1.82 bits per heavy atom. The van der Waals surface area contributed by atoms with Gasteiger partial charge in [0.05, 0.1) is 0 Å². The van der Waals surface area contributed by atoms with E-state index in [1.807, 2.05) is 36.4 Å². The highest BCUT2D eigenvalue weighted by Crippen LogP contribution is 2.26. The van der Waals surface area contributed by atoms with Gasteiger partial charge in [-0.15, -0.1) is 0 Å². The van der Waals surface area contributed by atoms with Crippen LogP contribution in [-0.4, -0.2) is 5.11 Å². The number of benzene rings is 2. The number of aromatic nitrogens is 1. The average molecular weight is 309 g/mol. The summed E-state index contributed by atoms with van der Waals surface area (Å²) in [7, 11) is 0. The molecule has 22 heavy (non-hydrogen) atoms. The fraction of sp³-hybridized carbons (Fsp3) is 0.0556. The molecule has 1 aromatic heterocycles. The lowest BCUT2D eigenvalue weighted by Crippen LogP contribution is -2.35. The lowest BCUT2D eigenvalue weighted by molar-refractivity contribution is -0.657. The first-order valence-corrected chi connectivity index (χ1v) is 7.89. The zero-order valence-electron chi connectivity index (χ0n) is 12.1. The third-order valence-electron chi connectivity index (χ3n) is 3.32. The van der Waals surface area contributed by atoms with Gasteiger partial charge in [0, 0.05) is 10.9 Å². The molecule has 3 rings (SSSR count). The standard InChI is InChI=1S/C18H16N2OS/c1-2-12-20-17(14-6-4-3-5-7-14)13-22-18(20)19-15-8-10-16(21)11-9-15/h2-11,13,21H,1,12H2/p+1. The predicted molar refractivity (Wildman–Crippen MR) is 91.5 cm³/mol. The number of thiazole rings is 1. The van der Waals surface area contributed by atoms with E-state index in [9.17, 15) is 5.11 Å². The first kappa shape index (κ1) is 14.4. The van der Waals surface area contributed by atoms with E-state index in [1.54, 1.807) is 23.5 Å². The summed E-state index contributed by atoms with van der Waals surface area (Å²) >= 11 is 1.65. The highest BCUT2D eigenvalue weighted by molar-refractivity contribution is 7.13. The van der Waals surface area contributed by atoms with Crippen LogP contribution in [0.5, 0.6) is 5.75 Å². The Morgan fingerprint density at radius 3 is 2.50 bits per heavy atom. The molecule has 3 nitrogen and oxygen atoms in total. The number of hydrogen-bond acceptors (Lipinski definition) is 3. The van der Waals surface area contributed by atoms with E-state index in [0.29, 0.717) is 0 Å². The van der Waals surface area contributed by atoms with Gasteiger partial charge in [0.1, 0.15) is 23.7 Å². The van der Waals surface area contributed by atoms with Gasteiger partial charge < -0.3 is 5.11 Å². The molecule has 0 aliphatic rings. The monoisotopic (exact) mass is 309 g/mol. The van der Waals surface area contributed by atoms with Crippen molar-refractivity contribution in [2.45, 2.75) is 6.54 Å². The third-order valence-corrected chi connectivity index (χ3v) is 4.20. The number of allylic oxidation sites excluding steroid dienone is 1. The number of phenols is 1. The first-order chi connectivity index (χ1) is 10.8. The van der Waals surface area contributed by atoms with E-state index in [1.165, 1.54) is 5.56 Å². The van der Waals surface area contributed by atoms with Crippen molar-refractivity contribution in [3.8, 4) is 17.0 Å². The fourth-order valence-corrected chi connectivity index (χ4v) is 3.22. The van der Waals surface area contributed by atoms with Gasteiger partial charge >= 0.3 is 5.13 Å². The van der Waals surface area contributed by atoms with Crippen LogP contribution in [0, 0.1) is 0 Å². The van der Waals surface area contributed by atoms with Crippen LogP contribution < -0.4 is 9.88 Å². The minimum Gasteiger partial charge on any atom is -0.508 e. The van der Waals surface area contributed by atoms with Crippen LogP contribution in [0.25, 0.3) is 11.3 Å². The lowest BCUT2D eigenvalue weighted by Gasteiger charge is -2.04. The molecule has 0 atom stereocenters. The number of anilines is 2. The van der Waals surface area contributed by atoms with Crippen molar-refractivity contribution in [2.75, 3.05) is 5.32 Å². The Hall–Kier alpha value is -2.59. The van der Waals surface area contributed by atoms with Crippen LogP contribution in [0.3, 0.4) is 0 Å². The Labute approximate surface area is 133 Å². The van der Waals surface area contributed by atoms with Crippen LogP contribution in [0.2, 0.25) is 0 Å². The topological polar surface area (TPSA) is 36.1 Å². The summed E-state index contributed by atoms with van der Waals surface area (Å²) in [4.78, 5) is 0. The van der Waals surface area contributed by atoms with Crippen LogP contribution in [0.15, 0.2) is 72.6 Å². The van der Waals surface area contributed by atoms with Gasteiger partial charge in [0.15, 0.2) is 0 Å². The third kappa shape index (κ3) is 3.02. The van der Waals surface area contributed by atoms with Gasteiger partial charge in [-0.25, -0.2) is 9.88 Å². The van der Waals surface area contributed by atoms with Crippen LogP contribution in [-0.2, 0) is 6.54 Å². The number of rotatable bonds is 5. The molecule has 110 valence electrons. The van der Waals surface area contributed by atoms with Crippen molar-refractivity contribution < 1.29 is 9.67 Å². The molecule has 4 heteroatoms. The van der Waals surface area contributed by atoms with Gasteiger partial charge in [0.2, 0.25) is 0 Å². The number of nitrogens with zero attached hydrogens (tertiary/aromatic N) is 1. The smallest absolute Gasteiger partial charge is 0.339 e. The van der Waals surface area contributed by atoms with Crippen molar-refractivity contribution in [2.24, 2.45) is 0 Å². The van der Waals surface area contributed by atoms with Crippen LogP contribution in [0.1, 0.15) is 0 Å². The highest BCUT2D eigenvalue weighted by Gasteiger charge is 2.18. The van der Waals surface area contributed by atoms with E-state index >= 15 is 0 Å². The van der Waals surface area contributed by atoms with Crippen molar-refractivity contribution in [1.29, 1.82) is 0 Å². The normalized spacial score (nSPS) is 10.4. The molecule has 0 radical (unpaired) electrons. The zero-order chi connectivity index (χ0) is 15.4. The molecule has 2 aromatic carbocycles. The molecular formula is C18H17N2OS+. The Balaban J connectivity index is 1.96. The van der Waals surface area contributed by atoms with Gasteiger partial charge in [-0.2, -0.15) is 0 Å². The molecular weight excluding hydrogens is 292 g/mol. The SMILES string of the molecule is C=CC[n+]1c(-c2ccccc2)csc1Nc1ccc(O)cc1. The van der Waals surface area contributed by atoms with Gasteiger partial charge in [-0.05, 0) is 24.3 Å². The maximum absolute atomic E-state index is 9.37. The summed E-state index contributed by atoms with van der Waals surface area (Å²) in [6, 6.07) is 17.4. The summed E-state index contributed by atoms with van der Waals surface area (Å²) in [6.45, 7) is 4.58. The van der Waals surface area contributed by atoms with E-state index < -0.39 is 0 Å². The van der Waals surface area contributed by atoms with Crippen LogP contribution in [0.4, 0.5) is 10.8 Å². The van der Waals surface area contributed by atoms with Gasteiger partial charge in [-0.1, -0.05) is 54.3 Å². The molecule has 2 N–H and O–H groups in total. The summed E-state index contributed by atoms with van der Waals surface area (Å²) in [6.07, 6.45) is 1.89. The van der Waals surface area contributed by atoms with E-state index in [0.717, 1.165) is 23.1 Å². The van der Waals surface area contributed by atoms with Gasteiger partial charge in [-0.3, -0.25) is 0 Å². The van der Waals surface area contributed by atoms with Crippen molar-refractivity contribution >= 4 is 22.2 Å². The quantitative estimate of drug-likeness (QED) is 0.418. The number of hydrogen-bond donors (Lipinski definition) is 2. The molecule has 0 spiro atoms. The lowest BCUT2D eigenvalue weighted by atomic mass is 10.2. The largest absolute Gasteiger partial charge is 0.508 e. The molecule has 1 heterocycles. The second kappa shape index (κ2) is 6.45. The predicted octanol–water partition coefficient (Wildman–Crippen LogP) is 4.34. The van der Waals surface area contributed by atoms with Crippen molar-refractivity contribution in [1.82, 2.24) is 0 Å². The first-order valence-electron chi connectivity index (χ1n) is 7.01. The Morgan fingerprint density at radius 1 is 1.09 bits per heavy atom. The maximum Gasteiger partial charge on any atom is 0.339 e. The number of aromatic hydroxyl groups is 1. The molecule has 0 aliphatic heterocycles. The second-order valence-electron chi connectivity index (χ2n) is 4.86. The minimum absolute atomic E-state index is 0.265. The van der Waals surface area contributed by atoms with E-state index in [4.69, 9.17) is 0 Å². The molecule has 0 bridgehead atoms. The van der Waals surface area contributed by atoms with Crippen molar-refractivity contribution in [3.63, 3.8) is 0 Å². The minimum atomic E-state index is 0.265. The summed E-state index contributed by atoms with van der Waals surface area (Å²) < 4.78 is 2.19. The molecule has 3 aromatic rings. The molecule has 0 saturated heterocycles. The fourth-order valence-electron chi connectivity index (χ4n) is 2.26. The number of phenolic OH excluding ortho intramolecular Hbond substituents is 1. The van der Waals surface area contributed by atoms with Gasteiger partial charge in [0.25, 0.3) is 0 Å². The summed E-state index contributed by atoms with van der Waals surface area (Å²) in [5, 5.41) is 15.9.